The zero-order valence-corrected chi connectivity index (χ0v) is 4.70. The highest BCUT2D eigenvalue weighted by Gasteiger charge is 1.85. The quantitative estimate of drug-likeness (QED) is 0.258. The molecule has 0 aromatic rings. The van der Waals surface area contributed by atoms with E-state index in [2.05, 4.69) is 18.1 Å². The first-order valence-corrected chi connectivity index (χ1v) is 2.40. The van der Waals surface area contributed by atoms with Crippen LogP contribution in [0.25, 0.3) is 0 Å². The molecule has 3 heteroatoms. The van der Waals surface area contributed by atoms with Gasteiger partial charge in [0.15, 0.2) is 0 Å². The summed E-state index contributed by atoms with van der Waals surface area (Å²) in [5, 5.41) is 0.356. The second-order valence-electron chi connectivity index (χ2n) is 1.26. The lowest BCUT2D eigenvalue weighted by atomic mass is 10.5. The largest absolute Gasteiger partial charge is 0.271 e. The normalized spacial score (nSPS) is 14.5. The molecule has 0 aliphatic heterocycles. The minimum absolute atomic E-state index is 0.356. The second-order valence-corrected chi connectivity index (χ2v) is 2.14. The van der Waals surface area contributed by atoms with Gasteiger partial charge in [-0.25, -0.2) is 0 Å². The zero-order chi connectivity index (χ0) is 4.99. The number of hydrogen-bond acceptors (Lipinski definition) is 3. The van der Waals surface area contributed by atoms with Gasteiger partial charge < -0.3 is 0 Å². The molecular formula is C3H10N2S. The summed E-state index contributed by atoms with van der Waals surface area (Å²) in [4.78, 5) is 0. The van der Waals surface area contributed by atoms with E-state index < -0.39 is 0 Å². The molecule has 0 spiro atoms. The molecular weight excluding hydrogens is 96.1 g/mol. The molecule has 1 unspecified atom stereocenters. The van der Waals surface area contributed by atoms with Crippen LogP contribution in [-0.2, 0) is 0 Å². The van der Waals surface area contributed by atoms with Crippen LogP contribution < -0.4 is 11.3 Å². The molecule has 1 atom stereocenters. The van der Waals surface area contributed by atoms with E-state index in [1.807, 2.05) is 6.92 Å². The van der Waals surface area contributed by atoms with Crippen molar-refractivity contribution in [2.75, 3.05) is 6.54 Å². The maximum Gasteiger partial charge on any atom is 0.0212 e. The van der Waals surface area contributed by atoms with Gasteiger partial charge in [-0.15, -0.1) is 0 Å². The van der Waals surface area contributed by atoms with Crippen molar-refractivity contribution in [2.45, 2.75) is 12.2 Å². The Kier molecular flexibility index (Phi) is 3.62. The third-order valence-corrected chi connectivity index (χ3v) is 0.596. The SMILES string of the molecule is CC(S)CNN. The van der Waals surface area contributed by atoms with Crippen LogP contribution in [0.3, 0.4) is 0 Å². The molecule has 2 nitrogen and oxygen atoms in total. The Bertz CT molecular complexity index is 30.0. The van der Waals surface area contributed by atoms with Gasteiger partial charge in [-0.2, -0.15) is 12.6 Å². The van der Waals surface area contributed by atoms with E-state index in [0.29, 0.717) is 5.25 Å². The van der Waals surface area contributed by atoms with Gasteiger partial charge in [0, 0.05) is 11.8 Å². The van der Waals surface area contributed by atoms with Crippen molar-refractivity contribution < 1.29 is 0 Å². The molecule has 0 aromatic heterocycles. The summed E-state index contributed by atoms with van der Waals surface area (Å²) < 4.78 is 0. The molecule has 3 N–H and O–H groups in total. The number of thiol groups is 1. The van der Waals surface area contributed by atoms with E-state index in [1.54, 1.807) is 0 Å². The highest BCUT2D eigenvalue weighted by atomic mass is 32.1. The third-order valence-electron chi connectivity index (χ3n) is 0.413. The molecule has 38 valence electrons. The lowest BCUT2D eigenvalue weighted by molar-refractivity contribution is 0.727. The summed E-state index contributed by atoms with van der Waals surface area (Å²) in [6.07, 6.45) is 0. The Labute approximate surface area is 43.5 Å². The van der Waals surface area contributed by atoms with E-state index in [0.717, 1.165) is 6.54 Å². The smallest absolute Gasteiger partial charge is 0.0212 e. The van der Waals surface area contributed by atoms with E-state index in [4.69, 9.17) is 5.84 Å². The monoisotopic (exact) mass is 106 g/mol. The summed E-state index contributed by atoms with van der Waals surface area (Å²) in [6, 6.07) is 0. The van der Waals surface area contributed by atoms with Gasteiger partial charge in [0.1, 0.15) is 0 Å². The topological polar surface area (TPSA) is 38.0 Å². The fourth-order valence-corrected chi connectivity index (χ4v) is 0.276. The van der Waals surface area contributed by atoms with Crippen molar-refractivity contribution >= 4 is 12.6 Å². The Morgan fingerprint density at radius 1 is 2.00 bits per heavy atom. The van der Waals surface area contributed by atoms with Crippen molar-refractivity contribution in [2.24, 2.45) is 5.84 Å². The summed E-state index contributed by atoms with van der Waals surface area (Å²) in [5.74, 6) is 4.93. The van der Waals surface area contributed by atoms with Crippen LogP contribution in [0.15, 0.2) is 0 Å². The van der Waals surface area contributed by atoms with Crippen LogP contribution in [0.4, 0.5) is 0 Å². The predicted molar refractivity (Wildman–Crippen MR) is 30.6 cm³/mol. The van der Waals surface area contributed by atoms with E-state index in [-0.39, 0.29) is 0 Å². The summed E-state index contributed by atoms with van der Waals surface area (Å²) in [5.41, 5.74) is 2.49. The van der Waals surface area contributed by atoms with Crippen LogP contribution in [0.5, 0.6) is 0 Å². The van der Waals surface area contributed by atoms with Crippen molar-refractivity contribution in [3.8, 4) is 0 Å². The molecule has 0 fully saturated rings. The van der Waals surface area contributed by atoms with Crippen molar-refractivity contribution in [3.05, 3.63) is 0 Å². The van der Waals surface area contributed by atoms with E-state index in [1.165, 1.54) is 0 Å². The Morgan fingerprint density at radius 2 is 2.50 bits per heavy atom. The molecule has 0 bridgehead atoms. The van der Waals surface area contributed by atoms with Gasteiger partial charge in [0.25, 0.3) is 0 Å². The summed E-state index contributed by atoms with van der Waals surface area (Å²) in [7, 11) is 0. The predicted octanol–water partition coefficient (Wildman–Crippen LogP) is -0.232. The van der Waals surface area contributed by atoms with E-state index >= 15 is 0 Å². The van der Waals surface area contributed by atoms with Crippen LogP contribution in [0.2, 0.25) is 0 Å². The van der Waals surface area contributed by atoms with Gasteiger partial charge >= 0.3 is 0 Å². The molecule has 0 saturated heterocycles. The van der Waals surface area contributed by atoms with Gasteiger partial charge in [-0.3, -0.25) is 11.3 Å². The second kappa shape index (κ2) is 3.46. The summed E-state index contributed by atoms with van der Waals surface area (Å²) >= 11 is 4.04. The first kappa shape index (κ1) is 6.27. The van der Waals surface area contributed by atoms with Crippen molar-refractivity contribution in [1.29, 1.82) is 0 Å². The first-order valence-electron chi connectivity index (χ1n) is 1.89. The summed E-state index contributed by atoms with van der Waals surface area (Å²) in [6.45, 7) is 2.74. The van der Waals surface area contributed by atoms with Crippen LogP contribution in [0, 0.1) is 0 Å². The van der Waals surface area contributed by atoms with Crippen molar-refractivity contribution in [1.82, 2.24) is 5.43 Å². The first-order chi connectivity index (χ1) is 2.77. The van der Waals surface area contributed by atoms with Crippen LogP contribution in [0.1, 0.15) is 6.92 Å². The van der Waals surface area contributed by atoms with Crippen LogP contribution in [-0.4, -0.2) is 11.8 Å². The van der Waals surface area contributed by atoms with Gasteiger partial charge in [-0.05, 0) is 0 Å². The fraction of sp³-hybridized carbons (Fsp3) is 1.00. The number of rotatable bonds is 2. The standard InChI is InChI=1S/C3H10N2S/c1-3(6)2-5-4/h3,5-6H,2,4H2,1H3. The average molecular weight is 106 g/mol. The Balaban J connectivity index is 2.63. The molecule has 0 heterocycles. The molecule has 6 heavy (non-hydrogen) atoms. The third kappa shape index (κ3) is 4.27. The number of nitrogens with one attached hydrogen (secondary N) is 1. The maximum atomic E-state index is 4.93. The van der Waals surface area contributed by atoms with E-state index in [9.17, 15) is 0 Å². The highest BCUT2D eigenvalue weighted by Crippen LogP contribution is 1.85. The minimum atomic E-state index is 0.356. The van der Waals surface area contributed by atoms with Gasteiger partial charge in [-0.1, -0.05) is 6.92 Å². The Hall–Kier alpha value is 0.270. The maximum absolute atomic E-state index is 4.93. The lowest BCUT2D eigenvalue weighted by Gasteiger charge is -1.97. The van der Waals surface area contributed by atoms with Gasteiger partial charge in [0.05, 0.1) is 0 Å². The van der Waals surface area contributed by atoms with Crippen molar-refractivity contribution in [3.63, 3.8) is 0 Å². The molecule has 0 aliphatic carbocycles. The zero-order valence-electron chi connectivity index (χ0n) is 3.81. The number of nitrogens with two attached hydrogens (primary N) is 1. The highest BCUT2D eigenvalue weighted by molar-refractivity contribution is 7.80. The molecule has 0 aliphatic rings. The molecule has 0 aromatic carbocycles. The lowest BCUT2D eigenvalue weighted by Crippen LogP contribution is -2.27. The Morgan fingerprint density at radius 3 is 2.50 bits per heavy atom. The molecule has 0 radical (unpaired) electrons. The average Bonchev–Trinajstić information content (AvgIpc) is 1.35. The van der Waals surface area contributed by atoms with Crippen LogP contribution >= 0.6 is 12.6 Å². The van der Waals surface area contributed by atoms with Gasteiger partial charge in [0.2, 0.25) is 0 Å². The molecule has 0 amide bonds. The molecule has 0 saturated carbocycles. The fourth-order valence-electron chi connectivity index (χ4n) is 0.171. The number of hydrogen-bond donors (Lipinski definition) is 3. The molecule has 0 rings (SSSR count). The minimum Gasteiger partial charge on any atom is -0.271 e. The number of hydrazine groups is 1.